The number of carbonyl (C=O) groups is 12. The van der Waals surface area contributed by atoms with Gasteiger partial charge in [-0.1, -0.05) is 18.2 Å². The Balaban J connectivity index is 2.33. The fourth-order valence-corrected chi connectivity index (χ4v) is 20.3. The molecule has 458 valence electrons. The number of esters is 3. The Labute approximate surface area is 611 Å². The second-order valence-corrected chi connectivity index (χ2v) is 27.1. The van der Waals surface area contributed by atoms with Crippen LogP contribution in [-0.4, -0.2) is 177 Å². The second kappa shape index (κ2) is 36.1. The van der Waals surface area contributed by atoms with Gasteiger partial charge in [0, 0.05) is 98.4 Å². The van der Waals surface area contributed by atoms with Crippen molar-refractivity contribution >= 4 is 291 Å². The van der Waals surface area contributed by atoms with E-state index in [1.807, 2.05) is 203 Å². The van der Waals surface area contributed by atoms with Gasteiger partial charge in [-0.25, -0.2) is 0 Å². The van der Waals surface area contributed by atoms with Gasteiger partial charge >= 0.3 is 17.9 Å². The van der Waals surface area contributed by atoms with Crippen LogP contribution < -0.4 is 26.6 Å². The number of anilines is 3. The van der Waals surface area contributed by atoms with E-state index in [-0.39, 0.29) is 128 Å². The minimum Gasteiger partial charge on any atom is -0.456 e. The summed E-state index contributed by atoms with van der Waals surface area (Å²) in [5.74, 6) is -8.37. The molecule has 0 bridgehead atoms. The number of hydrogen-bond acceptors (Lipinski definition) is 15. The topological polar surface area (TPSA) is 306 Å². The van der Waals surface area contributed by atoms with E-state index in [0.29, 0.717) is 0 Å². The number of halogens is 9. The highest BCUT2D eigenvalue weighted by atomic mass is 127. The quantitative estimate of drug-likeness (QED) is 0.0211. The molecule has 85 heavy (non-hydrogen) atoms. The van der Waals surface area contributed by atoms with E-state index < -0.39 is 90.9 Å². The molecule has 3 rings (SSSR count). The summed E-state index contributed by atoms with van der Waals surface area (Å²) >= 11 is 16.8. The molecule has 3 aromatic carbocycles. The lowest BCUT2D eigenvalue weighted by Crippen LogP contribution is -2.44. The maximum atomic E-state index is 15.5. The van der Waals surface area contributed by atoms with E-state index in [1.165, 1.54) is 59.0 Å². The van der Waals surface area contributed by atoms with Gasteiger partial charge in [0.1, 0.15) is 0 Å². The van der Waals surface area contributed by atoms with Crippen molar-refractivity contribution < 1.29 is 71.7 Å². The molecule has 0 saturated carbocycles. The number of nitrogens with one attached hydrogen (secondary N) is 5. The number of rotatable bonds is 27. The van der Waals surface area contributed by atoms with Crippen LogP contribution in [0, 0.1) is 32.1 Å². The van der Waals surface area contributed by atoms with E-state index in [0.717, 1.165) is 20.8 Å². The van der Waals surface area contributed by atoms with Crippen LogP contribution >= 0.6 is 203 Å². The fraction of sp³-hybridized carbons (Fsp3) is 0.308. The lowest BCUT2D eigenvalue weighted by Gasteiger charge is -2.27. The third kappa shape index (κ3) is 20.6. The first-order valence-electron chi connectivity index (χ1n) is 24.2. The Morgan fingerprint density at radius 1 is 0.388 bits per heavy atom. The molecule has 0 radical (unpaired) electrons. The van der Waals surface area contributed by atoms with Gasteiger partial charge in [-0.3, -0.25) is 57.5 Å². The molecule has 0 aromatic heterocycles. The number of hydrogen-bond donors (Lipinski definition) is 5. The standard InChI is InChI=1S/C52H52I9N9O15/c1-10-15-67(7)49(79)31-35(53)29(38(56)44(40(31)58)64-26(74)20-83-23(4)71)47(77)62-13-18-70(52(82)34-37(55)33(51(81)69(9)17-12-3)42(60)46(43(34)61)66-28(76)22-85-25(6)73)19-14-63-48(78)30-36(54)32(50(80)68(8)16-11-2)41(59)45(39(30)57)65-27(75)21-84-24(5)72/h10-12H,1-3,13-22H2,4-9H3,(H,62,77)(H,63,78)(H,64,74)(H,65,75)(H,66,76). The van der Waals surface area contributed by atoms with Crippen LogP contribution in [-0.2, 0) is 43.0 Å². The van der Waals surface area contributed by atoms with Crippen LogP contribution in [0.15, 0.2) is 38.0 Å². The molecule has 3 aromatic rings. The number of nitrogens with zero attached hydrogens (tertiary/aromatic N) is 4. The van der Waals surface area contributed by atoms with E-state index in [1.54, 1.807) is 0 Å². The first kappa shape index (κ1) is 76.3. The molecule has 0 aliphatic carbocycles. The van der Waals surface area contributed by atoms with Crippen molar-refractivity contribution in [2.45, 2.75) is 20.8 Å². The maximum absolute atomic E-state index is 15.5. The number of likely N-dealkylation sites (N-methyl/N-ethyl adjacent to an activating group) is 3. The van der Waals surface area contributed by atoms with Gasteiger partial charge < -0.3 is 60.4 Å². The maximum Gasteiger partial charge on any atom is 0.303 e. The van der Waals surface area contributed by atoms with Crippen molar-refractivity contribution in [3.8, 4) is 0 Å². The molecule has 33 heteroatoms. The highest BCUT2D eigenvalue weighted by Crippen LogP contribution is 2.40. The lowest BCUT2D eigenvalue weighted by atomic mass is 10.1. The van der Waals surface area contributed by atoms with E-state index in [4.69, 9.17) is 14.2 Å². The molecule has 0 aliphatic rings. The SMILES string of the molecule is C=CCN(C)C(=O)c1c(I)c(NC(=O)COC(C)=O)c(I)c(C(=O)NCCN(CCNC(=O)c2c(I)c(NC(=O)COC(C)=O)c(I)c(C(=O)N(C)CC=C)c2I)C(=O)c2c(I)c(NC(=O)COC(C)=O)c(I)c(C(=O)N(C)CC=C)c2I)c1I. The summed E-state index contributed by atoms with van der Waals surface area (Å²) in [6, 6.07) is 0. The van der Waals surface area contributed by atoms with Crippen LogP contribution in [0.25, 0.3) is 0 Å². The number of amides is 9. The average molecular weight is 2190 g/mol. The minimum absolute atomic E-state index is 0.0176. The molecular formula is C52H52I9N9O15. The fourth-order valence-electron chi connectivity index (χ4n) is 7.16. The van der Waals surface area contributed by atoms with Crippen LogP contribution in [0.3, 0.4) is 0 Å². The summed E-state index contributed by atoms with van der Waals surface area (Å²) in [6.45, 7) is 11.5. The van der Waals surface area contributed by atoms with Crippen molar-refractivity contribution in [1.82, 2.24) is 30.2 Å². The molecular weight excluding hydrogens is 2130 g/mol. The number of benzene rings is 3. The second-order valence-electron chi connectivity index (χ2n) is 17.4. The van der Waals surface area contributed by atoms with Gasteiger partial charge in [0.15, 0.2) is 19.8 Å². The largest absolute Gasteiger partial charge is 0.456 e. The molecule has 0 unspecified atom stereocenters. The van der Waals surface area contributed by atoms with Gasteiger partial charge in [-0.05, 0) is 203 Å². The summed E-state index contributed by atoms with van der Waals surface area (Å²) in [7, 11) is 4.55. The molecule has 9 amide bonds. The highest BCUT2D eigenvalue weighted by Gasteiger charge is 2.35. The van der Waals surface area contributed by atoms with E-state index in [9.17, 15) is 52.7 Å². The Morgan fingerprint density at radius 2 is 0.624 bits per heavy atom. The number of ether oxygens (including phenoxy) is 3. The first-order valence-corrected chi connectivity index (χ1v) is 33.9. The van der Waals surface area contributed by atoms with Gasteiger partial charge in [0.05, 0.1) is 71.9 Å². The van der Waals surface area contributed by atoms with Gasteiger partial charge in [0.25, 0.3) is 53.2 Å². The third-order valence-corrected chi connectivity index (χ3v) is 20.9. The smallest absolute Gasteiger partial charge is 0.303 e. The molecule has 0 fully saturated rings. The van der Waals surface area contributed by atoms with Crippen molar-refractivity contribution in [1.29, 1.82) is 0 Å². The van der Waals surface area contributed by atoms with Crippen molar-refractivity contribution in [3.05, 3.63) is 103 Å². The lowest BCUT2D eigenvalue weighted by molar-refractivity contribution is -0.145. The zero-order valence-corrected chi connectivity index (χ0v) is 65.2. The molecule has 0 atom stereocenters. The van der Waals surface area contributed by atoms with E-state index >= 15 is 4.79 Å². The number of carbonyl (C=O) groups excluding carboxylic acids is 12. The van der Waals surface area contributed by atoms with E-state index in [2.05, 4.69) is 46.3 Å². The average Bonchev–Trinajstić information content (AvgIpc) is 1.30. The predicted octanol–water partition coefficient (Wildman–Crippen LogP) is 7.71. The van der Waals surface area contributed by atoms with Crippen LogP contribution in [0.2, 0.25) is 0 Å². The van der Waals surface area contributed by atoms with Gasteiger partial charge in [0.2, 0.25) is 0 Å². The Hall–Kier alpha value is -2.91. The van der Waals surface area contributed by atoms with Crippen molar-refractivity contribution in [2.75, 3.05) is 103 Å². The molecule has 0 spiro atoms. The van der Waals surface area contributed by atoms with Crippen molar-refractivity contribution in [2.24, 2.45) is 0 Å². The predicted molar refractivity (Wildman–Crippen MR) is 392 cm³/mol. The van der Waals surface area contributed by atoms with Crippen LogP contribution in [0.4, 0.5) is 17.1 Å². The van der Waals surface area contributed by atoms with Gasteiger partial charge in [-0.15, -0.1) is 19.7 Å². The molecule has 0 heterocycles. The highest BCUT2D eigenvalue weighted by molar-refractivity contribution is 14.1. The normalized spacial score (nSPS) is 10.5. The summed E-state index contributed by atoms with van der Waals surface area (Å²) in [5.41, 5.74) is 0.157. The van der Waals surface area contributed by atoms with Crippen LogP contribution in [0.5, 0.6) is 0 Å². The molecule has 0 aliphatic heterocycles. The van der Waals surface area contributed by atoms with Crippen LogP contribution in [0.1, 0.15) is 82.9 Å². The van der Waals surface area contributed by atoms with Crippen molar-refractivity contribution in [3.63, 3.8) is 0 Å². The Kier molecular flexibility index (Phi) is 32.4. The first-order chi connectivity index (χ1) is 39.8. The zero-order chi connectivity index (χ0) is 64.5. The van der Waals surface area contributed by atoms with Gasteiger partial charge in [-0.2, -0.15) is 0 Å². The molecule has 5 N–H and O–H groups in total. The zero-order valence-electron chi connectivity index (χ0n) is 45.7. The monoisotopic (exact) mass is 2180 g/mol. The third-order valence-electron chi connectivity index (χ3n) is 11.1. The summed E-state index contributed by atoms with van der Waals surface area (Å²) in [5, 5.41) is 13.6. The molecule has 24 nitrogen and oxygen atoms in total. The summed E-state index contributed by atoms with van der Waals surface area (Å²) < 4.78 is 16.6. The molecule has 0 saturated heterocycles. The Bertz CT molecular complexity index is 3150. The summed E-state index contributed by atoms with van der Waals surface area (Å²) in [6.07, 6.45) is 4.49. The summed E-state index contributed by atoms with van der Waals surface area (Å²) in [4.78, 5) is 167. The minimum atomic E-state index is -0.792. The Morgan fingerprint density at radius 3 is 0.871 bits per heavy atom.